The van der Waals surface area contributed by atoms with Gasteiger partial charge in [-0.05, 0) is 19.8 Å². The monoisotopic (exact) mass is 304 g/mol. The standard InChI is InChI=1S/C11H14F6N2O/c1-9(6-18,19-7-2-3-7)4-5-20-8(10(12,13)14)11(15,16)17/h7-8,19H,2-5H2,1H3. The van der Waals surface area contributed by atoms with E-state index < -0.39 is 30.6 Å². The molecule has 0 aromatic carbocycles. The topological polar surface area (TPSA) is 45.0 Å². The Bertz CT molecular complexity index is 357. The number of alkyl halides is 6. The van der Waals surface area contributed by atoms with Crippen molar-refractivity contribution in [2.24, 2.45) is 0 Å². The average molecular weight is 304 g/mol. The van der Waals surface area contributed by atoms with Crippen molar-refractivity contribution in [2.45, 2.75) is 56.2 Å². The van der Waals surface area contributed by atoms with E-state index in [4.69, 9.17) is 5.26 Å². The maximum absolute atomic E-state index is 12.2. The normalized spacial score (nSPS) is 19.8. The van der Waals surface area contributed by atoms with Crippen LogP contribution < -0.4 is 5.32 Å². The number of hydrogen-bond acceptors (Lipinski definition) is 3. The van der Waals surface area contributed by atoms with Crippen LogP contribution >= 0.6 is 0 Å². The lowest BCUT2D eigenvalue weighted by atomic mass is 10.0. The molecule has 1 N–H and O–H groups in total. The summed E-state index contributed by atoms with van der Waals surface area (Å²) in [6.45, 7) is 0.609. The van der Waals surface area contributed by atoms with Crippen LogP contribution in [-0.2, 0) is 4.74 Å². The second kappa shape index (κ2) is 5.77. The molecule has 9 heteroatoms. The van der Waals surface area contributed by atoms with Crippen molar-refractivity contribution in [3.8, 4) is 6.07 Å². The van der Waals surface area contributed by atoms with Crippen LogP contribution in [0, 0.1) is 11.3 Å². The van der Waals surface area contributed by atoms with E-state index in [0.29, 0.717) is 0 Å². The first-order chi connectivity index (χ1) is 8.98. The highest BCUT2D eigenvalue weighted by atomic mass is 19.4. The molecule has 1 unspecified atom stereocenters. The quantitative estimate of drug-likeness (QED) is 0.767. The molecule has 0 amide bonds. The summed E-state index contributed by atoms with van der Waals surface area (Å²) < 4.78 is 77.2. The van der Waals surface area contributed by atoms with Gasteiger partial charge in [-0.2, -0.15) is 31.6 Å². The van der Waals surface area contributed by atoms with Crippen molar-refractivity contribution in [1.82, 2.24) is 5.32 Å². The van der Waals surface area contributed by atoms with E-state index in [9.17, 15) is 26.3 Å². The molecule has 0 aromatic heterocycles. The molecule has 1 saturated carbocycles. The van der Waals surface area contributed by atoms with Crippen LogP contribution in [0.1, 0.15) is 26.2 Å². The molecule has 0 heterocycles. The molecule has 1 aliphatic rings. The van der Waals surface area contributed by atoms with Crippen LogP contribution in [-0.4, -0.2) is 36.6 Å². The van der Waals surface area contributed by atoms with Gasteiger partial charge in [0, 0.05) is 12.5 Å². The summed E-state index contributed by atoms with van der Waals surface area (Å²) in [5.74, 6) is 0. The van der Waals surface area contributed by atoms with Gasteiger partial charge in [-0.3, -0.25) is 5.32 Å². The molecular formula is C11H14F6N2O. The highest BCUT2D eigenvalue weighted by Crippen LogP contribution is 2.36. The van der Waals surface area contributed by atoms with Gasteiger partial charge in [-0.25, -0.2) is 0 Å². The summed E-state index contributed by atoms with van der Waals surface area (Å²) in [4.78, 5) is 0. The van der Waals surface area contributed by atoms with Crippen LogP contribution in [0.4, 0.5) is 26.3 Å². The number of nitrogens with one attached hydrogen (secondary N) is 1. The molecule has 0 saturated heterocycles. The van der Waals surface area contributed by atoms with Crippen LogP contribution in [0.2, 0.25) is 0 Å². The summed E-state index contributed by atoms with van der Waals surface area (Å²) >= 11 is 0. The van der Waals surface area contributed by atoms with Crippen molar-refractivity contribution in [2.75, 3.05) is 6.61 Å². The Balaban J connectivity index is 2.53. The maximum atomic E-state index is 12.2. The van der Waals surface area contributed by atoms with Gasteiger partial charge in [0.1, 0.15) is 5.54 Å². The zero-order valence-corrected chi connectivity index (χ0v) is 10.6. The predicted octanol–water partition coefficient (Wildman–Crippen LogP) is 2.92. The van der Waals surface area contributed by atoms with Crippen molar-refractivity contribution < 1.29 is 31.1 Å². The van der Waals surface area contributed by atoms with E-state index in [1.54, 1.807) is 0 Å². The Hall–Kier alpha value is -1.01. The molecule has 1 fully saturated rings. The Morgan fingerprint density at radius 3 is 2.05 bits per heavy atom. The zero-order valence-electron chi connectivity index (χ0n) is 10.6. The Labute approximate surface area is 111 Å². The third kappa shape index (κ3) is 5.17. The third-order valence-corrected chi connectivity index (χ3v) is 2.83. The number of ether oxygens (including phenoxy) is 1. The molecule has 20 heavy (non-hydrogen) atoms. The molecule has 116 valence electrons. The van der Waals surface area contributed by atoms with Crippen LogP contribution in [0.15, 0.2) is 0 Å². The third-order valence-electron chi connectivity index (χ3n) is 2.83. The minimum Gasteiger partial charge on any atom is -0.361 e. The SMILES string of the molecule is CC(C#N)(CCOC(C(F)(F)F)C(F)(F)F)NC1CC1. The summed E-state index contributed by atoms with van der Waals surface area (Å²) in [5, 5.41) is 11.8. The fraction of sp³-hybridized carbons (Fsp3) is 0.909. The smallest absolute Gasteiger partial charge is 0.361 e. The first-order valence-corrected chi connectivity index (χ1v) is 5.92. The number of halogens is 6. The molecule has 0 radical (unpaired) electrons. The van der Waals surface area contributed by atoms with E-state index in [1.165, 1.54) is 6.92 Å². The number of nitriles is 1. The summed E-state index contributed by atoms with van der Waals surface area (Å²) in [5.41, 5.74) is -1.19. The second-order valence-corrected chi connectivity index (χ2v) is 4.95. The molecule has 3 nitrogen and oxygen atoms in total. The molecular weight excluding hydrogens is 290 g/mol. The molecule has 1 rings (SSSR count). The van der Waals surface area contributed by atoms with Crippen molar-refractivity contribution >= 4 is 0 Å². The fourth-order valence-corrected chi connectivity index (χ4v) is 1.59. The number of rotatable bonds is 6. The maximum Gasteiger partial charge on any atom is 0.423 e. The van der Waals surface area contributed by atoms with Crippen molar-refractivity contribution in [3.63, 3.8) is 0 Å². The van der Waals surface area contributed by atoms with Crippen LogP contribution in [0.25, 0.3) is 0 Å². The van der Waals surface area contributed by atoms with E-state index in [2.05, 4.69) is 10.1 Å². The van der Waals surface area contributed by atoms with Crippen molar-refractivity contribution in [3.05, 3.63) is 0 Å². The van der Waals surface area contributed by atoms with E-state index in [0.717, 1.165) is 12.8 Å². The Morgan fingerprint density at radius 1 is 1.20 bits per heavy atom. The van der Waals surface area contributed by atoms with Gasteiger partial charge in [0.2, 0.25) is 6.10 Å². The van der Waals surface area contributed by atoms with Gasteiger partial charge in [-0.15, -0.1) is 0 Å². The average Bonchev–Trinajstić information content (AvgIpc) is 3.04. The van der Waals surface area contributed by atoms with E-state index >= 15 is 0 Å². The molecule has 1 aliphatic carbocycles. The zero-order chi connectivity index (χ0) is 15.6. The fourth-order valence-electron chi connectivity index (χ4n) is 1.59. The molecule has 0 spiro atoms. The van der Waals surface area contributed by atoms with Gasteiger partial charge >= 0.3 is 12.4 Å². The number of hydrogen-bond donors (Lipinski definition) is 1. The van der Waals surface area contributed by atoms with Gasteiger partial charge in [0.05, 0.1) is 12.7 Å². The van der Waals surface area contributed by atoms with Crippen LogP contribution in [0.3, 0.4) is 0 Å². The summed E-state index contributed by atoms with van der Waals surface area (Å²) in [7, 11) is 0. The second-order valence-electron chi connectivity index (χ2n) is 4.95. The minimum absolute atomic E-state index is 0.0979. The lowest BCUT2D eigenvalue weighted by molar-refractivity contribution is -0.322. The van der Waals surface area contributed by atoms with Crippen LogP contribution in [0.5, 0.6) is 0 Å². The van der Waals surface area contributed by atoms with E-state index in [1.807, 2.05) is 6.07 Å². The largest absolute Gasteiger partial charge is 0.423 e. The van der Waals surface area contributed by atoms with Gasteiger partial charge in [0.15, 0.2) is 0 Å². The minimum atomic E-state index is -5.52. The highest BCUT2D eigenvalue weighted by Gasteiger charge is 2.58. The Morgan fingerprint density at radius 2 is 1.70 bits per heavy atom. The molecule has 1 atom stereocenters. The lowest BCUT2D eigenvalue weighted by Gasteiger charge is -2.26. The first kappa shape index (κ1) is 17.0. The lowest BCUT2D eigenvalue weighted by Crippen LogP contribution is -2.47. The van der Waals surface area contributed by atoms with Gasteiger partial charge < -0.3 is 4.74 Å². The molecule has 0 aromatic rings. The predicted molar refractivity (Wildman–Crippen MR) is 56.6 cm³/mol. The van der Waals surface area contributed by atoms with Gasteiger partial charge in [0.25, 0.3) is 0 Å². The molecule has 0 aliphatic heterocycles. The summed E-state index contributed by atoms with van der Waals surface area (Å²) in [6, 6.07) is 1.95. The van der Waals surface area contributed by atoms with Crippen molar-refractivity contribution in [1.29, 1.82) is 5.26 Å². The molecule has 0 bridgehead atoms. The summed E-state index contributed by atoms with van der Waals surface area (Å²) in [6.07, 6.45) is -13.4. The van der Waals surface area contributed by atoms with E-state index in [-0.39, 0.29) is 12.5 Å². The highest BCUT2D eigenvalue weighted by molar-refractivity contribution is 5.07. The number of nitrogens with zero attached hydrogens (tertiary/aromatic N) is 1. The first-order valence-electron chi connectivity index (χ1n) is 5.92. The van der Waals surface area contributed by atoms with Gasteiger partial charge in [-0.1, -0.05) is 0 Å². The Kier molecular flexibility index (Phi) is 4.92.